The molecule has 7 rings (SSSR count). The largest absolute Gasteiger partial charge is 0.0619 e. The van der Waals surface area contributed by atoms with E-state index in [9.17, 15) is 0 Å². The molecule has 0 heterocycles. The normalized spacial score (nSPS) is 12.0. The van der Waals surface area contributed by atoms with Crippen LogP contribution in [0.1, 0.15) is 11.1 Å². The Morgan fingerprint density at radius 1 is 0.448 bits per heavy atom. The van der Waals surface area contributed by atoms with Crippen molar-refractivity contribution >= 4 is 32.3 Å². The molecule has 6 aromatic rings. The standard InChI is InChI=1S/C16H9.C13H9/c1-3-11-7-9-13-5-2-6-14-10-8-12(4-1)15(11)16(13)14;1-3-7-12-10(5-1)9-11-6-2-4-8-13(11)12/h1-5,7-10H;1-9H. The summed E-state index contributed by atoms with van der Waals surface area (Å²) in [5.41, 5.74) is 5.39. The predicted octanol–water partition coefficient (Wildman–Crippen LogP) is 7.65. The fraction of sp³-hybridized carbons (Fsp3) is 0. The Labute approximate surface area is 170 Å². The van der Waals surface area contributed by atoms with Gasteiger partial charge in [0, 0.05) is 6.42 Å². The first-order chi connectivity index (χ1) is 14.4. The van der Waals surface area contributed by atoms with Gasteiger partial charge in [-0.15, -0.1) is 0 Å². The Bertz CT molecular complexity index is 1300. The molecule has 2 radical (unpaired) electrons. The van der Waals surface area contributed by atoms with Crippen LogP contribution in [0.25, 0.3) is 43.4 Å². The molecule has 0 aromatic heterocycles. The third-order valence-corrected chi connectivity index (χ3v) is 5.83. The van der Waals surface area contributed by atoms with Crippen LogP contribution in [-0.4, -0.2) is 0 Å². The highest BCUT2D eigenvalue weighted by Crippen LogP contribution is 2.37. The van der Waals surface area contributed by atoms with Crippen LogP contribution in [0.3, 0.4) is 0 Å². The topological polar surface area (TPSA) is 0 Å². The van der Waals surface area contributed by atoms with E-state index in [2.05, 4.69) is 110 Å². The highest BCUT2D eigenvalue weighted by Gasteiger charge is 2.16. The second kappa shape index (κ2) is 6.46. The molecule has 0 atom stereocenters. The Balaban J connectivity index is 0.000000117. The van der Waals surface area contributed by atoms with E-state index < -0.39 is 0 Å². The molecule has 0 fully saturated rings. The lowest BCUT2D eigenvalue weighted by Crippen LogP contribution is -1.82. The van der Waals surface area contributed by atoms with Gasteiger partial charge in [-0.3, -0.25) is 0 Å². The summed E-state index contributed by atoms with van der Waals surface area (Å²) in [5, 5.41) is 7.86. The monoisotopic (exact) mass is 366 g/mol. The molecule has 0 amide bonds. The van der Waals surface area contributed by atoms with E-state index in [1.807, 2.05) is 6.07 Å². The summed E-state index contributed by atoms with van der Waals surface area (Å²) >= 11 is 0. The van der Waals surface area contributed by atoms with Gasteiger partial charge >= 0.3 is 0 Å². The highest BCUT2D eigenvalue weighted by molar-refractivity contribution is 6.22. The minimum Gasteiger partial charge on any atom is -0.0619 e. The zero-order valence-electron chi connectivity index (χ0n) is 15.9. The van der Waals surface area contributed by atoms with E-state index in [0.717, 1.165) is 0 Å². The maximum atomic E-state index is 3.31. The zero-order chi connectivity index (χ0) is 19.2. The first kappa shape index (κ1) is 16.3. The molecule has 0 heteroatoms. The molecule has 6 aromatic carbocycles. The van der Waals surface area contributed by atoms with Crippen molar-refractivity contribution in [3.63, 3.8) is 0 Å². The molecule has 0 bridgehead atoms. The maximum absolute atomic E-state index is 3.31. The van der Waals surface area contributed by atoms with Crippen molar-refractivity contribution in [2.24, 2.45) is 0 Å². The van der Waals surface area contributed by atoms with Crippen molar-refractivity contribution in [3.8, 4) is 11.1 Å². The van der Waals surface area contributed by atoms with Crippen LogP contribution in [0.4, 0.5) is 0 Å². The summed E-state index contributed by atoms with van der Waals surface area (Å²) in [6, 6.07) is 39.7. The molecule has 0 saturated heterocycles. The summed E-state index contributed by atoms with van der Waals surface area (Å²) in [7, 11) is 0. The van der Waals surface area contributed by atoms with Gasteiger partial charge in [0.25, 0.3) is 0 Å². The zero-order valence-corrected chi connectivity index (χ0v) is 15.9. The van der Waals surface area contributed by atoms with Crippen molar-refractivity contribution < 1.29 is 0 Å². The minimum atomic E-state index is 1.21. The molecule has 29 heavy (non-hydrogen) atoms. The average Bonchev–Trinajstić information content (AvgIpc) is 3.17. The van der Waals surface area contributed by atoms with E-state index in [0.29, 0.717) is 0 Å². The summed E-state index contributed by atoms with van der Waals surface area (Å²) in [6.45, 7) is 0. The average molecular weight is 366 g/mol. The lowest BCUT2D eigenvalue weighted by Gasteiger charge is -2.09. The fourth-order valence-corrected chi connectivity index (χ4v) is 4.49. The number of hydrogen-bond donors (Lipinski definition) is 0. The lowest BCUT2D eigenvalue weighted by molar-refractivity contribution is 1.54. The SMILES string of the molecule is [CH]1c2ccccc2-c2ccccc21.[c]1ccc2ccc3cccc4ccc1c2c43. The number of benzene rings is 6. The molecular formula is C29H18. The molecule has 0 aliphatic heterocycles. The molecule has 1 aliphatic carbocycles. The van der Waals surface area contributed by atoms with Gasteiger partial charge in [0.2, 0.25) is 0 Å². The molecule has 0 saturated carbocycles. The Morgan fingerprint density at radius 3 is 1.72 bits per heavy atom. The first-order valence-corrected chi connectivity index (χ1v) is 9.96. The third-order valence-electron chi connectivity index (χ3n) is 5.83. The predicted molar refractivity (Wildman–Crippen MR) is 123 cm³/mol. The van der Waals surface area contributed by atoms with Crippen LogP contribution in [-0.2, 0) is 0 Å². The molecule has 0 nitrogen and oxygen atoms in total. The van der Waals surface area contributed by atoms with E-state index in [1.54, 1.807) is 0 Å². The van der Waals surface area contributed by atoms with Crippen molar-refractivity contribution in [1.29, 1.82) is 0 Å². The number of fused-ring (bicyclic) bond motifs is 3. The van der Waals surface area contributed by atoms with Gasteiger partial charge in [-0.1, -0.05) is 103 Å². The van der Waals surface area contributed by atoms with Crippen molar-refractivity contribution in [3.05, 3.63) is 127 Å². The second-order valence-corrected chi connectivity index (χ2v) is 7.52. The molecule has 0 spiro atoms. The van der Waals surface area contributed by atoms with Gasteiger partial charge in [0.15, 0.2) is 0 Å². The van der Waals surface area contributed by atoms with Crippen LogP contribution in [0.5, 0.6) is 0 Å². The minimum absolute atomic E-state index is 1.21. The van der Waals surface area contributed by atoms with Gasteiger partial charge in [-0.2, -0.15) is 0 Å². The summed E-state index contributed by atoms with van der Waals surface area (Å²) in [5.74, 6) is 0. The van der Waals surface area contributed by atoms with E-state index >= 15 is 0 Å². The summed E-state index contributed by atoms with van der Waals surface area (Å²) in [4.78, 5) is 0. The van der Waals surface area contributed by atoms with Crippen LogP contribution >= 0.6 is 0 Å². The van der Waals surface area contributed by atoms with Gasteiger partial charge in [0.05, 0.1) is 0 Å². The summed E-state index contributed by atoms with van der Waals surface area (Å²) in [6.07, 6.45) is 2.24. The molecule has 0 N–H and O–H groups in total. The van der Waals surface area contributed by atoms with Crippen LogP contribution in [0.2, 0.25) is 0 Å². The van der Waals surface area contributed by atoms with Gasteiger partial charge in [-0.25, -0.2) is 0 Å². The molecule has 1 aliphatic rings. The maximum Gasteiger partial charge on any atom is 0.0211 e. The van der Waals surface area contributed by atoms with Crippen LogP contribution in [0.15, 0.2) is 103 Å². The Kier molecular flexibility index (Phi) is 3.64. The molecule has 134 valence electrons. The quantitative estimate of drug-likeness (QED) is 0.242. The van der Waals surface area contributed by atoms with Gasteiger partial charge in [-0.05, 0) is 60.6 Å². The molecular weight excluding hydrogens is 348 g/mol. The van der Waals surface area contributed by atoms with Gasteiger partial charge in [0.1, 0.15) is 0 Å². The molecule has 0 unspecified atom stereocenters. The second-order valence-electron chi connectivity index (χ2n) is 7.52. The highest BCUT2D eigenvalue weighted by atomic mass is 14.2. The van der Waals surface area contributed by atoms with Crippen molar-refractivity contribution in [2.75, 3.05) is 0 Å². The van der Waals surface area contributed by atoms with Crippen LogP contribution in [0, 0.1) is 12.5 Å². The smallest absolute Gasteiger partial charge is 0.0211 e. The van der Waals surface area contributed by atoms with Crippen molar-refractivity contribution in [2.45, 2.75) is 0 Å². The number of rotatable bonds is 0. The Morgan fingerprint density at radius 2 is 1.03 bits per heavy atom. The van der Waals surface area contributed by atoms with E-state index in [1.165, 1.54) is 54.6 Å². The van der Waals surface area contributed by atoms with E-state index in [-0.39, 0.29) is 0 Å². The lowest BCUT2D eigenvalue weighted by atomic mass is 9.95. The summed E-state index contributed by atoms with van der Waals surface area (Å²) < 4.78 is 0. The first-order valence-electron chi connectivity index (χ1n) is 9.96. The third kappa shape index (κ3) is 2.61. The Hall–Kier alpha value is -3.64. The number of hydrogen-bond acceptors (Lipinski definition) is 0. The van der Waals surface area contributed by atoms with Crippen molar-refractivity contribution in [1.82, 2.24) is 0 Å². The van der Waals surface area contributed by atoms with Gasteiger partial charge < -0.3 is 0 Å². The van der Waals surface area contributed by atoms with E-state index in [4.69, 9.17) is 0 Å². The van der Waals surface area contributed by atoms with Crippen LogP contribution < -0.4 is 0 Å². The fourth-order valence-electron chi connectivity index (χ4n) is 4.49.